The first kappa shape index (κ1) is 15.6. The van der Waals surface area contributed by atoms with E-state index in [1.807, 2.05) is 6.92 Å². The van der Waals surface area contributed by atoms with E-state index >= 15 is 0 Å². The van der Waals surface area contributed by atoms with Gasteiger partial charge in [-0.2, -0.15) is 13.2 Å². The number of rotatable bonds is 1. The number of aliphatic hydroxyl groups is 1. The van der Waals surface area contributed by atoms with E-state index in [1.54, 1.807) is 4.90 Å². The molecule has 0 radical (unpaired) electrons. The molecule has 0 aromatic rings. The summed E-state index contributed by atoms with van der Waals surface area (Å²) in [5, 5.41) is 9.80. The van der Waals surface area contributed by atoms with E-state index in [1.165, 1.54) is 0 Å². The second-order valence-electron chi connectivity index (χ2n) is 6.22. The van der Waals surface area contributed by atoms with E-state index < -0.39 is 24.1 Å². The molecule has 1 aliphatic carbocycles. The van der Waals surface area contributed by atoms with E-state index in [4.69, 9.17) is 0 Å². The normalized spacial score (nSPS) is 36.0. The van der Waals surface area contributed by atoms with Gasteiger partial charge in [-0.15, -0.1) is 0 Å². The first-order chi connectivity index (χ1) is 9.29. The topological polar surface area (TPSA) is 40.5 Å². The third kappa shape index (κ3) is 3.45. The third-order valence-electron chi connectivity index (χ3n) is 4.72. The Bertz CT molecular complexity index is 359. The average Bonchev–Trinajstić information content (AvgIpc) is 2.40. The van der Waals surface area contributed by atoms with E-state index in [-0.39, 0.29) is 31.2 Å². The maximum absolute atomic E-state index is 12.8. The second-order valence-corrected chi connectivity index (χ2v) is 6.22. The second kappa shape index (κ2) is 5.92. The lowest BCUT2D eigenvalue weighted by molar-refractivity contribution is -0.187. The van der Waals surface area contributed by atoms with Crippen molar-refractivity contribution in [2.75, 3.05) is 13.1 Å². The molecule has 1 heterocycles. The Balaban J connectivity index is 1.95. The fourth-order valence-corrected chi connectivity index (χ4v) is 3.22. The van der Waals surface area contributed by atoms with Gasteiger partial charge in [0.25, 0.3) is 0 Å². The number of β-amino-alcohol motifs (C(OH)–C–C–N with tert-alkyl or cyclic N) is 1. The van der Waals surface area contributed by atoms with Crippen molar-refractivity contribution in [2.45, 2.75) is 51.3 Å². The van der Waals surface area contributed by atoms with Crippen LogP contribution in [0.3, 0.4) is 0 Å². The number of piperidine rings is 1. The van der Waals surface area contributed by atoms with Gasteiger partial charge in [-0.3, -0.25) is 4.79 Å². The molecule has 1 saturated carbocycles. The van der Waals surface area contributed by atoms with Crippen LogP contribution in [0.25, 0.3) is 0 Å². The van der Waals surface area contributed by atoms with Crippen LogP contribution in [0.5, 0.6) is 0 Å². The van der Waals surface area contributed by atoms with Gasteiger partial charge in [0, 0.05) is 19.0 Å². The first-order valence-corrected chi connectivity index (χ1v) is 7.32. The van der Waals surface area contributed by atoms with E-state index in [0.717, 1.165) is 0 Å². The molecule has 2 rings (SSSR count). The Morgan fingerprint density at radius 3 is 2.55 bits per heavy atom. The summed E-state index contributed by atoms with van der Waals surface area (Å²) < 4.78 is 38.3. The molecular weight excluding hydrogens is 271 g/mol. The highest BCUT2D eigenvalue weighted by atomic mass is 19.4. The summed E-state index contributed by atoms with van der Waals surface area (Å²) in [5.74, 6) is -1.94. The Morgan fingerprint density at radius 1 is 1.25 bits per heavy atom. The van der Waals surface area contributed by atoms with Crippen LogP contribution in [0, 0.1) is 17.8 Å². The van der Waals surface area contributed by atoms with Gasteiger partial charge < -0.3 is 10.0 Å². The summed E-state index contributed by atoms with van der Waals surface area (Å²) in [6.45, 7) is 2.73. The van der Waals surface area contributed by atoms with Gasteiger partial charge in [-0.1, -0.05) is 13.3 Å². The Morgan fingerprint density at radius 2 is 1.95 bits per heavy atom. The van der Waals surface area contributed by atoms with Crippen LogP contribution in [0.2, 0.25) is 0 Å². The number of amides is 1. The lowest BCUT2D eigenvalue weighted by Gasteiger charge is -2.38. The average molecular weight is 293 g/mol. The van der Waals surface area contributed by atoms with Gasteiger partial charge in [0.1, 0.15) is 0 Å². The summed E-state index contributed by atoms with van der Waals surface area (Å²) in [4.78, 5) is 13.9. The van der Waals surface area contributed by atoms with Crippen molar-refractivity contribution in [3.8, 4) is 0 Å². The molecule has 6 heteroatoms. The molecule has 1 amide bonds. The van der Waals surface area contributed by atoms with Crippen molar-refractivity contribution in [1.82, 2.24) is 4.90 Å². The predicted octanol–water partition coefficient (Wildman–Crippen LogP) is 2.58. The van der Waals surface area contributed by atoms with Crippen LogP contribution < -0.4 is 0 Å². The van der Waals surface area contributed by atoms with E-state index in [9.17, 15) is 23.1 Å². The molecule has 3 nitrogen and oxygen atoms in total. The molecule has 1 aliphatic heterocycles. The fourth-order valence-electron chi connectivity index (χ4n) is 3.22. The van der Waals surface area contributed by atoms with Crippen LogP contribution in [0.4, 0.5) is 13.2 Å². The molecule has 4 atom stereocenters. The molecule has 0 spiro atoms. The van der Waals surface area contributed by atoms with Crippen molar-refractivity contribution in [1.29, 1.82) is 0 Å². The van der Waals surface area contributed by atoms with Gasteiger partial charge in [0.05, 0.1) is 12.0 Å². The van der Waals surface area contributed by atoms with E-state index in [0.29, 0.717) is 25.8 Å². The van der Waals surface area contributed by atoms with Crippen LogP contribution in [-0.2, 0) is 4.79 Å². The summed E-state index contributed by atoms with van der Waals surface area (Å²) in [5.41, 5.74) is 0. The molecule has 0 aromatic heterocycles. The summed E-state index contributed by atoms with van der Waals surface area (Å²) >= 11 is 0. The summed E-state index contributed by atoms with van der Waals surface area (Å²) in [6.07, 6.45) is -3.02. The molecule has 1 saturated heterocycles. The lowest BCUT2D eigenvalue weighted by Crippen LogP contribution is -2.49. The van der Waals surface area contributed by atoms with Crippen LogP contribution in [0.1, 0.15) is 39.0 Å². The van der Waals surface area contributed by atoms with Crippen LogP contribution in [-0.4, -0.2) is 41.3 Å². The summed E-state index contributed by atoms with van der Waals surface area (Å²) in [6, 6.07) is 0. The number of halogens is 3. The monoisotopic (exact) mass is 293 g/mol. The van der Waals surface area contributed by atoms with Crippen molar-refractivity contribution in [3.05, 3.63) is 0 Å². The zero-order valence-electron chi connectivity index (χ0n) is 11.7. The van der Waals surface area contributed by atoms with Gasteiger partial charge in [-0.25, -0.2) is 0 Å². The van der Waals surface area contributed by atoms with Gasteiger partial charge in [0.2, 0.25) is 5.91 Å². The van der Waals surface area contributed by atoms with E-state index in [2.05, 4.69) is 0 Å². The van der Waals surface area contributed by atoms with Crippen molar-refractivity contribution >= 4 is 5.91 Å². The molecule has 2 fully saturated rings. The maximum Gasteiger partial charge on any atom is 0.391 e. The van der Waals surface area contributed by atoms with Gasteiger partial charge in [0.15, 0.2) is 0 Å². The highest BCUT2D eigenvalue weighted by Crippen LogP contribution is 2.40. The number of likely N-dealkylation sites (tertiary alicyclic amines) is 1. The summed E-state index contributed by atoms with van der Waals surface area (Å²) in [7, 11) is 0. The number of carbonyl (C=O) groups excluding carboxylic acids is 1. The highest BCUT2D eigenvalue weighted by Gasteiger charge is 2.44. The van der Waals surface area contributed by atoms with Gasteiger partial charge in [-0.05, 0) is 31.6 Å². The van der Waals surface area contributed by atoms with Crippen molar-refractivity contribution in [3.63, 3.8) is 0 Å². The first-order valence-electron chi connectivity index (χ1n) is 7.32. The molecule has 20 heavy (non-hydrogen) atoms. The zero-order chi connectivity index (χ0) is 14.9. The molecule has 0 bridgehead atoms. The SMILES string of the molecule is CC1CCN(C(=O)C2CCCC(C(F)(F)F)C2)CC1O. The third-order valence-corrected chi connectivity index (χ3v) is 4.72. The number of hydrogen-bond acceptors (Lipinski definition) is 2. The molecule has 1 N–H and O–H groups in total. The number of alkyl halides is 3. The molecule has 116 valence electrons. The lowest BCUT2D eigenvalue weighted by atomic mass is 9.80. The minimum Gasteiger partial charge on any atom is -0.391 e. The Labute approximate surface area is 117 Å². The van der Waals surface area contributed by atoms with Gasteiger partial charge >= 0.3 is 6.18 Å². The molecule has 0 aromatic carbocycles. The number of nitrogens with zero attached hydrogens (tertiary/aromatic N) is 1. The quantitative estimate of drug-likeness (QED) is 0.807. The highest BCUT2D eigenvalue weighted by molar-refractivity contribution is 5.79. The number of hydrogen-bond donors (Lipinski definition) is 1. The van der Waals surface area contributed by atoms with Crippen LogP contribution >= 0.6 is 0 Å². The standard InChI is InChI=1S/C14H22F3NO2/c1-9-5-6-18(8-12(9)19)13(20)10-3-2-4-11(7-10)14(15,16)17/h9-12,19H,2-8H2,1H3. The molecular formula is C14H22F3NO2. The maximum atomic E-state index is 12.8. The fraction of sp³-hybridized carbons (Fsp3) is 0.929. The minimum atomic E-state index is -4.20. The zero-order valence-corrected chi connectivity index (χ0v) is 11.7. The Hall–Kier alpha value is -0.780. The number of aliphatic hydroxyl groups excluding tert-OH is 1. The largest absolute Gasteiger partial charge is 0.391 e. The molecule has 2 aliphatic rings. The minimum absolute atomic E-state index is 0.0928. The number of carbonyl (C=O) groups is 1. The van der Waals surface area contributed by atoms with Crippen LogP contribution in [0.15, 0.2) is 0 Å². The smallest absolute Gasteiger partial charge is 0.391 e. The predicted molar refractivity (Wildman–Crippen MR) is 67.9 cm³/mol. The Kier molecular flexibility index (Phi) is 4.62. The molecule has 4 unspecified atom stereocenters. The van der Waals surface area contributed by atoms with Crippen molar-refractivity contribution < 1.29 is 23.1 Å². The van der Waals surface area contributed by atoms with Crippen molar-refractivity contribution in [2.24, 2.45) is 17.8 Å².